The van der Waals surface area contributed by atoms with Crippen LogP contribution < -0.4 is 18.9 Å². The highest BCUT2D eigenvalue weighted by Crippen LogP contribution is 2.40. The van der Waals surface area contributed by atoms with E-state index in [0.29, 0.717) is 23.0 Å². The fraction of sp³-hybridized carbons (Fsp3) is 0.538. The summed E-state index contributed by atoms with van der Waals surface area (Å²) in [6.45, 7) is 4.49. The lowest BCUT2D eigenvalue weighted by molar-refractivity contribution is -0.225. The zero-order valence-corrected chi connectivity index (χ0v) is 21.1. The van der Waals surface area contributed by atoms with Crippen molar-refractivity contribution in [3.63, 3.8) is 0 Å². The van der Waals surface area contributed by atoms with Crippen molar-refractivity contribution < 1.29 is 42.6 Å². The minimum Gasteiger partial charge on any atom is -0.496 e. The second-order valence-corrected chi connectivity index (χ2v) is 8.72. The summed E-state index contributed by atoms with van der Waals surface area (Å²) in [6.07, 6.45) is -1.80. The van der Waals surface area contributed by atoms with Gasteiger partial charge in [-0.3, -0.25) is 0 Å². The van der Waals surface area contributed by atoms with E-state index in [1.807, 2.05) is 50.2 Å². The number of fused-ring (bicyclic) bond motifs is 1. The summed E-state index contributed by atoms with van der Waals surface area (Å²) in [4.78, 5) is 0. The van der Waals surface area contributed by atoms with Crippen LogP contribution >= 0.6 is 0 Å². The summed E-state index contributed by atoms with van der Waals surface area (Å²) >= 11 is 0. The average molecular weight is 491 g/mol. The molecule has 0 saturated carbocycles. The maximum atomic E-state index is 6.37. The van der Waals surface area contributed by atoms with Gasteiger partial charge in [0.25, 0.3) is 0 Å². The topological polar surface area (TPSA) is 83.1 Å². The van der Waals surface area contributed by atoms with E-state index in [4.69, 9.17) is 42.6 Å². The fourth-order valence-electron chi connectivity index (χ4n) is 4.48. The van der Waals surface area contributed by atoms with Crippen molar-refractivity contribution in [3.8, 4) is 23.0 Å². The molecule has 2 aliphatic heterocycles. The first-order chi connectivity index (χ1) is 16.9. The maximum absolute atomic E-state index is 6.37. The highest BCUT2D eigenvalue weighted by atomic mass is 16.8. The van der Waals surface area contributed by atoms with Gasteiger partial charge in [-0.25, -0.2) is 0 Å². The standard InChI is InChI=1S/C26H34O9/c1-26(2)34-24-23(32-14-17-20(29-5)11-8-12-21(17)30-6)22(33-25(24)35-26)15-31-13-16-18(27-3)9-7-10-19(16)28-4/h7-12,22-25H,13-15H2,1-6H3/t22-,23+,24-,25-/m1/s1. The first kappa shape index (κ1) is 25.5. The zero-order chi connectivity index (χ0) is 25.0. The molecule has 9 nitrogen and oxygen atoms in total. The van der Waals surface area contributed by atoms with E-state index in [1.54, 1.807) is 28.4 Å². The maximum Gasteiger partial charge on any atom is 0.190 e. The Kier molecular flexibility index (Phi) is 8.03. The number of benzene rings is 2. The van der Waals surface area contributed by atoms with Crippen LogP contribution in [0.25, 0.3) is 0 Å². The summed E-state index contributed by atoms with van der Waals surface area (Å²) in [7, 11) is 6.47. The molecule has 0 aromatic heterocycles. The minimum atomic E-state index is -0.768. The molecule has 9 heteroatoms. The Hall–Kier alpha value is -2.56. The molecular formula is C26H34O9. The molecule has 0 bridgehead atoms. The van der Waals surface area contributed by atoms with E-state index in [2.05, 4.69) is 0 Å². The molecule has 2 aromatic rings. The SMILES string of the molecule is COc1cccc(OC)c1COC[C@H]1O[C@@H]2OC(C)(C)O[C@@H]2[C@H]1OCc1c(OC)cccc1OC. The van der Waals surface area contributed by atoms with Gasteiger partial charge in [-0.2, -0.15) is 0 Å². The van der Waals surface area contributed by atoms with Gasteiger partial charge in [0.2, 0.25) is 0 Å². The molecule has 0 unspecified atom stereocenters. The summed E-state index contributed by atoms with van der Waals surface area (Å²) in [5.74, 6) is 1.98. The van der Waals surface area contributed by atoms with Crippen LogP contribution in [0, 0.1) is 0 Å². The smallest absolute Gasteiger partial charge is 0.190 e. The number of rotatable bonds is 11. The van der Waals surface area contributed by atoms with Crippen molar-refractivity contribution in [2.75, 3.05) is 35.0 Å². The third-order valence-corrected chi connectivity index (χ3v) is 6.10. The predicted molar refractivity (Wildman–Crippen MR) is 126 cm³/mol. The van der Waals surface area contributed by atoms with Gasteiger partial charge in [0, 0.05) is 0 Å². The van der Waals surface area contributed by atoms with Crippen LogP contribution in [-0.4, -0.2) is 65.4 Å². The zero-order valence-electron chi connectivity index (χ0n) is 21.1. The Morgan fingerprint density at radius 1 is 0.743 bits per heavy atom. The molecule has 0 spiro atoms. The van der Waals surface area contributed by atoms with Gasteiger partial charge in [0.1, 0.15) is 41.3 Å². The van der Waals surface area contributed by atoms with Crippen LogP contribution in [0.5, 0.6) is 23.0 Å². The van der Waals surface area contributed by atoms with E-state index >= 15 is 0 Å². The molecule has 4 rings (SSSR count). The fourth-order valence-corrected chi connectivity index (χ4v) is 4.48. The van der Waals surface area contributed by atoms with E-state index in [0.717, 1.165) is 11.1 Å². The largest absolute Gasteiger partial charge is 0.496 e. The predicted octanol–water partition coefficient (Wildman–Crippen LogP) is 3.70. The monoisotopic (exact) mass is 490 g/mol. The van der Waals surface area contributed by atoms with Crippen LogP contribution in [0.1, 0.15) is 25.0 Å². The van der Waals surface area contributed by atoms with Gasteiger partial charge in [-0.05, 0) is 38.1 Å². The Bertz CT molecular complexity index is 948. The highest BCUT2D eigenvalue weighted by Gasteiger charge is 2.55. The van der Waals surface area contributed by atoms with E-state index in [-0.39, 0.29) is 19.8 Å². The lowest BCUT2D eigenvalue weighted by Crippen LogP contribution is -2.39. The second kappa shape index (κ2) is 11.0. The first-order valence-electron chi connectivity index (χ1n) is 11.5. The van der Waals surface area contributed by atoms with Crippen molar-refractivity contribution in [1.82, 2.24) is 0 Å². The van der Waals surface area contributed by atoms with Gasteiger partial charge >= 0.3 is 0 Å². The van der Waals surface area contributed by atoms with Crippen LogP contribution in [-0.2, 0) is 36.9 Å². The van der Waals surface area contributed by atoms with Crippen molar-refractivity contribution in [1.29, 1.82) is 0 Å². The Morgan fingerprint density at radius 2 is 1.26 bits per heavy atom. The summed E-state index contributed by atoms with van der Waals surface area (Å²) in [6, 6.07) is 11.2. The molecule has 0 N–H and O–H groups in total. The Balaban J connectivity index is 1.47. The first-order valence-corrected chi connectivity index (χ1v) is 11.5. The van der Waals surface area contributed by atoms with Gasteiger partial charge in [-0.1, -0.05) is 12.1 Å². The molecule has 0 radical (unpaired) electrons. The molecule has 2 aromatic carbocycles. The number of ether oxygens (including phenoxy) is 9. The van der Waals surface area contributed by atoms with E-state index < -0.39 is 30.4 Å². The molecule has 4 atom stereocenters. The lowest BCUT2D eigenvalue weighted by Gasteiger charge is -2.26. The molecule has 0 aliphatic carbocycles. The number of hydrogen-bond donors (Lipinski definition) is 0. The molecule has 2 saturated heterocycles. The minimum absolute atomic E-state index is 0.241. The van der Waals surface area contributed by atoms with E-state index in [9.17, 15) is 0 Å². The van der Waals surface area contributed by atoms with Crippen molar-refractivity contribution in [2.45, 2.75) is 57.5 Å². The van der Waals surface area contributed by atoms with Gasteiger partial charge < -0.3 is 42.6 Å². The molecule has 0 amide bonds. The third kappa shape index (κ3) is 5.49. The van der Waals surface area contributed by atoms with Gasteiger partial charge in [-0.15, -0.1) is 0 Å². The normalized spacial score (nSPS) is 24.7. The third-order valence-electron chi connectivity index (χ3n) is 6.10. The Morgan fingerprint density at radius 3 is 1.77 bits per heavy atom. The van der Waals surface area contributed by atoms with Crippen LogP contribution in [0.3, 0.4) is 0 Å². The van der Waals surface area contributed by atoms with Crippen molar-refractivity contribution >= 4 is 0 Å². The molecule has 35 heavy (non-hydrogen) atoms. The van der Waals surface area contributed by atoms with Gasteiger partial charge in [0.15, 0.2) is 12.1 Å². The van der Waals surface area contributed by atoms with Crippen LogP contribution in [0.15, 0.2) is 36.4 Å². The molecule has 2 fully saturated rings. The number of hydrogen-bond acceptors (Lipinski definition) is 9. The molecule has 2 aliphatic rings. The highest BCUT2D eigenvalue weighted by molar-refractivity contribution is 5.45. The summed E-state index contributed by atoms with van der Waals surface area (Å²) in [5, 5.41) is 0. The number of methoxy groups -OCH3 is 4. The lowest BCUT2D eigenvalue weighted by atomic mass is 10.1. The van der Waals surface area contributed by atoms with Crippen molar-refractivity contribution in [2.24, 2.45) is 0 Å². The molecule has 2 heterocycles. The quantitative estimate of drug-likeness (QED) is 0.468. The summed E-state index contributed by atoms with van der Waals surface area (Å²) in [5.41, 5.74) is 1.62. The van der Waals surface area contributed by atoms with Crippen molar-refractivity contribution in [3.05, 3.63) is 47.5 Å². The van der Waals surface area contributed by atoms with Crippen LogP contribution in [0.2, 0.25) is 0 Å². The second-order valence-electron chi connectivity index (χ2n) is 8.72. The average Bonchev–Trinajstić information content (AvgIpc) is 3.33. The molecular weight excluding hydrogens is 456 g/mol. The van der Waals surface area contributed by atoms with Gasteiger partial charge in [0.05, 0.1) is 59.4 Å². The van der Waals surface area contributed by atoms with E-state index in [1.165, 1.54) is 0 Å². The summed E-state index contributed by atoms with van der Waals surface area (Å²) < 4.78 is 52.6. The van der Waals surface area contributed by atoms with Crippen LogP contribution in [0.4, 0.5) is 0 Å². The molecule has 192 valence electrons. The Labute approximate surface area is 206 Å².